The Bertz CT molecular complexity index is 1180. The summed E-state index contributed by atoms with van der Waals surface area (Å²) in [4.78, 5) is 12.5. The molecule has 0 aliphatic heterocycles. The Morgan fingerprint density at radius 3 is 2.59 bits per heavy atom. The summed E-state index contributed by atoms with van der Waals surface area (Å²) in [6.45, 7) is 1.30. The number of aryl methyl sites for hydroxylation is 1. The fraction of sp³-hybridized carbons (Fsp3) is 0.440. The molecule has 5 rings (SSSR count). The average Bonchev–Trinajstić information content (AvgIpc) is 3.09. The highest BCUT2D eigenvalue weighted by Crippen LogP contribution is 2.58. The van der Waals surface area contributed by atoms with Crippen LogP contribution in [-0.4, -0.2) is 22.2 Å². The third-order valence-corrected chi connectivity index (χ3v) is 7.77. The maximum atomic E-state index is 13.8. The molecule has 1 heterocycles. The van der Waals surface area contributed by atoms with Crippen LogP contribution in [0.5, 0.6) is 0 Å². The Morgan fingerprint density at radius 2 is 1.91 bits per heavy atom. The van der Waals surface area contributed by atoms with E-state index in [0.717, 1.165) is 40.4 Å². The lowest BCUT2D eigenvalue weighted by atomic mass is 9.55. The maximum Gasteiger partial charge on any atom is 0.394 e. The summed E-state index contributed by atoms with van der Waals surface area (Å²) in [5.41, 5.74) is 0.744. The number of hydrogen-bond donors (Lipinski definition) is 0. The van der Waals surface area contributed by atoms with Crippen molar-refractivity contribution in [2.75, 3.05) is 0 Å². The normalized spacial score (nSPS) is 28.1. The molecule has 0 amide bonds. The van der Waals surface area contributed by atoms with Crippen LogP contribution < -0.4 is 0 Å². The summed E-state index contributed by atoms with van der Waals surface area (Å²) >= 11 is 0. The van der Waals surface area contributed by atoms with Gasteiger partial charge in [0.05, 0.1) is 28.2 Å². The highest BCUT2D eigenvalue weighted by molar-refractivity contribution is 5.85. The highest BCUT2D eigenvalue weighted by atomic mass is 19.4. The van der Waals surface area contributed by atoms with Gasteiger partial charge in [-0.25, -0.2) is 9.07 Å². The molecule has 3 atom stereocenters. The van der Waals surface area contributed by atoms with E-state index in [2.05, 4.69) is 5.10 Å². The monoisotopic (exact) mass is 444 g/mol. The van der Waals surface area contributed by atoms with Crippen LogP contribution in [0.1, 0.15) is 50.2 Å². The van der Waals surface area contributed by atoms with E-state index in [1.54, 1.807) is 23.0 Å². The molecular weight excluding hydrogens is 420 g/mol. The lowest BCUT2D eigenvalue weighted by Crippen LogP contribution is -2.49. The number of fused-ring (bicyclic) bond motifs is 4. The number of aromatic nitrogens is 2. The van der Waals surface area contributed by atoms with Crippen LogP contribution in [0.25, 0.3) is 16.6 Å². The standard InChI is InChI=1S/C25H24F4N2O/c1-23(25(27,28)29)9-10-24(15-32)18(13-23)4-2-3-16-12-22-17(11-21(16)24)14-30-31(22)20-7-5-19(26)6-8-20/h5-8,11-12,14-15,18H,2-4,9-10,13H2,1H3/t18-,23+,24+/m1/s1. The van der Waals surface area contributed by atoms with Crippen molar-refractivity contribution in [1.82, 2.24) is 9.78 Å². The minimum atomic E-state index is -4.28. The fourth-order valence-corrected chi connectivity index (χ4v) is 5.79. The van der Waals surface area contributed by atoms with E-state index in [-0.39, 0.29) is 31.0 Å². The zero-order valence-corrected chi connectivity index (χ0v) is 17.8. The van der Waals surface area contributed by atoms with Crippen LogP contribution in [0, 0.1) is 17.2 Å². The van der Waals surface area contributed by atoms with Crippen LogP contribution in [0.4, 0.5) is 17.6 Å². The summed E-state index contributed by atoms with van der Waals surface area (Å²) in [7, 11) is 0. The van der Waals surface area contributed by atoms with Gasteiger partial charge in [-0.1, -0.05) is 6.92 Å². The van der Waals surface area contributed by atoms with Crippen LogP contribution in [0.3, 0.4) is 0 Å². The molecule has 0 bridgehead atoms. The van der Waals surface area contributed by atoms with Gasteiger partial charge in [0.15, 0.2) is 0 Å². The molecule has 0 saturated heterocycles. The summed E-state index contributed by atoms with van der Waals surface area (Å²) in [6.07, 6.45) is 0.471. The molecule has 32 heavy (non-hydrogen) atoms. The van der Waals surface area contributed by atoms with Gasteiger partial charge < -0.3 is 4.79 Å². The van der Waals surface area contributed by atoms with Gasteiger partial charge in [0.1, 0.15) is 12.1 Å². The van der Waals surface area contributed by atoms with E-state index in [1.165, 1.54) is 19.1 Å². The number of carbonyl (C=O) groups is 1. The number of alkyl halides is 3. The molecule has 7 heteroatoms. The molecule has 2 aromatic carbocycles. The predicted molar refractivity (Wildman–Crippen MR) is 113 cm³/mol. The molecule has 0 spiro atoms. The minimum absolute atomic E-state index is 0.0262. The van der Waals surface area contributed by atoms with Crippen LogP contribution in [0.2, 0.25) is 0 Å². The van der Waals surface area contributed by atoms with Crippen molar-refractivity contribution in [3.63, 3.8) is 0 Å². The van der Waals surface area contributed by atoms with E-state index in [0.29, 0.717) is 12.8 Å². The largest absolute Gasteiger partial charge is 0.394 e. The molecule has 1 aromatic heterocycles. The molecule has 0 N–H and O–H groups in total. The van der Waals surface area contributed by atoms with Crippen molar-refractivity contribution in [3.8, 4) is 5.69 Å². The predicted octanol–water partition coefficient (Wildman–Crippen LogP) is 6.31. The van der Waals surface area contributed by atoms with Crippen molar-refractivity contribution in [2.45, 2.75) is 57.0 Å². The lowest BCUT2D eigenvalue weighted by Gasteiger charge is -2.48. The second-order valence-corrected chi connectivity index (χ2v) is 9.61. The summed E-state index contributed by atoms with van der Waals surface area (Å²) in [5, 5.41) is 5.27. The first-order valence-corrected chi connectivity index (χ1v) is 11.0. The topological polar surface area (TPSA) is 34.9 Å². The van der Waals surface area contributed by atoms with Gasteiger partial charge in [0.25, 0.3) is 0 Å². The Morgan fingerprint density at radius 1 is 1.16 bits per heavy atom. The van der Waals surface area contributed by atoms with Crippen LogP contribution in [-0.2, 0) is 16.6 Å². The van der Waals surface area contributed by atoms with Crippen molar-refractivity contribution in [1.29, 1.82) is 0 Å². The number of hydrogen-bond acceptors (Lipinski definition) is 2. The first kappa shape index (κ1) is 21.2. The van der Waals surface area contributed by atoms with E-state index >= 15 is 0 Å². The van der Waals surface area contributed by atoms with Crippen molar-refractivity contribution in [2.24, 2.45) is 11.3 Å². The second kappa shape index (κ2) is 7.15. The third-order valence-electron chi connectivity index (χ3n) is 7.77. The van der Waals surface area contributed by atoms with Gasteiger partial charge in [-0.2, -0.15) is 18.3 Å². The van der Waals surface area contributed by atoms with Gasteiger partial charge in [-0.3, -0.25) is 0 Å². The maximum absolute atomic E-state index is 13.8. The highest BCUT2D eigenvalue weighted by Gasteiger charge is 2.59. The van der Waals surface area contributed by atoms with E-state index in [9.17, 15) is 22.4 Å². The molecule has 2 aliphatic rings. The van der Waals surface area contributed by atoms with Crippen molar-refractivity contribution in [3.05, 3.63) is 59.5 Å². The lowest BCUT2D eigenvalue weighted by molar-refractivity contribution is -0.236. The molecule has 168 valence electrons. The molecule has 2 aliphatic carbocycles. The summed E-state index contributed by atoms with van der Waals surface area (Å²) < 4.78 is 56.4. The molecule has 0 radical (unpaired) electrons. The molecule has 1 fully saturated rings. The van der Waals surface area contributed by atoms with Gasteiger partial charge in [0.2, 0.25) is 0 Å². The quantitative estimate of drug-likeness (QED) is 0.343. The Labute approximate surface area is 183 Å². The van der Waals surface area contributed by atoms with E-state index in [4.69, 9.17) is 0 Å². The zero-order valence-electron chi connectivity index (χ0n) is 17.8. The summed E-state index contributed by atoms with van der Waals surface area (Å²) in [6, 6.07) is 9.99. The van der Waals surface area contributed by atoms with Gasteiger partial charge in [0, 0.05) is 5.39 Å². The molecule has 3 aromatic rings. The first-order chi connectivity index (χ1) is 15.2. The zero-order chi connectivity index (χ0) is 22.7. The number of rotatable bonds is 2. The Hall–Kier alpha value is -2.70. The Kier molecular flexibility index (Phi) is 4.73. The van der Waals surface area contributed by atoms with Crippen LogP contribution >= 0.6 is 0 Å². The summed E-state index contributed by atoms with van der Waals surface area (Å²) in [5.74, 6) is -0.674. The molecule has 0 unspecified atom stereocenters. The average molecular weight is 444 g/mol. The van der Waals surface area contributed by atoms with Crippen molar-refractivity contribution < 1.29 is 22.4 Å². The third kappa shape index (κ3) is 3.08. The number of nitrogens with zero attached hydrogens (tertiary/aromatic N) is 2. The Balaban J connectivity index is 1.62. The van der Waals surface area contributed by atoms with Gasteiger partial charge in [-0.15, -0.1) is 0 Å². The number of carbonyl (C=O) groups excluding carboxylic acids is 1. The smallest absolute Gasteiger partial charge is 0.302 e. The van der Waals surface area contributed by atoms with Crippen molar-refractivity contribution >= 4 is 17.2 Å². The number of halogens is 4. The second-order valence-electron chi connectivity index (χ2n) is 9.61. The molecule has 3 nitrogen and oxygen atoms in total. The fourth-order valence-electron chi connectivity index (χ4n) is 5.79. The van der Waals surface area contributed by atoms with Gasteiger partial charge >= 0.3 is 6.18 Å². The minimum Gasteiger partial charge on any atom is -0.302 e. The molecular formula is C25H24F4N2O. The number of aldehydes is 1. The first-order valence-electron chi connectivity index (χ1n) is 11.0. The van der Waals surface area contributed by atoms with E-state index < -0.39 is 17.0 Å². The molecule has 1 saturated carbocycles. The van der Waals surface area contributed by atoms with E-state index in [1.807, 2.05) is 12.1 Å². The van der Waals surface area contributed by atoms with Gasteiger partial charge in [-0.05, 0) is 92.0 Å². The SMILES string of the molecule is C[C@]1(C(F)(F)F)CC[C@@]2(C=O)c3cc4cnn(-c5ccc(F)cc5)c4cc3CCC[C@@H]2C1. The van der Waals surface area contributed by atoms with Crippen LogP contribution in [0.15, 0.2) is 42.6 Å². The number of benzene rings is 2.